The van der Waals surface area contributed by atoms with Crippen LogP contribution in [0.2, 0.25) is 5.02 Å². The molecule has 0 aromatic heterocycles. The number of amides is 2. The molecule has 2 amide bonds. The summed E-state index contributed by atoms with van der Waals surface area (Å²) in [6, 6.07) is 18.0. The molecule has 0 atom stereocenters. The summed E-state index contributed by atoms with van der Waals surface area (Å²) in [6.07, 6.45) is 1.50. The fraction of sp³-hybridized carbons (Fsp3) is 0.0417. The van der Waals surface area contributed by atoms with Gasteiger partial charge in [0.2, 0.25) is 0 Å². The van der Waals surface area contributed by atoms with Gasteiger partial charge < -0.3 is 4.74 Å². The van der Waals surface area contributed by atoms with Crippen LogP contribution in [0, 0.1) is 10.1 Å². The molecule has 36 heavy (non-hydrogen) atoms. The zero-order valence-electron chi connectivity index (χ0n) is 18.5. The number of thioether (sulfide) groups is 1. The first kappa shape index (κ1) is 25.7. The van der Waals surface area contributed by atoms with E-state index >= 15 is 0 Å². The lowest BCUT2D eigenvalue weighted by molar-refractivity contribution is -0.387. The number of benzene rings is 3. The van der Waals surface area contributed by atoms with Crippen LogP contribution in [0.15, 0.2) is 81.4 Å². The van der Waals surface area contributed by atoms with Crippen molar-refractivity contribution < 1.29 is 19.2 Å². The van der Waals surface area contributed by atoms with Crippen molar-refractivity contribution in [3.8, 4) is 5.75 Å². The van der Waals surface area contributed by atoms with Gasteiger partial charge in [0.05, 0.1) is 21.8 Å². The highest BCUT2D eigenvalue weighted by Gasteiger charge is 2.34. The molecule has 0 spiro atoms. The minimum Gasteiger partial charge on any atom is -0.497 e. The number of hydrazine groups is 1. The number of rotatable bonds is 7. The van der Waals surface area contributed by atoms with Gasteiger partial charge in [-0.05, 0) is 78.5 Å². The van der Waals surface area contributed by atoms with Crippen molar-refractivity contribution in [2.75, 3.05) is 7.11 Å². The Morgan fingerprint density at radius 2 is 1.86 bits per heavy atom. The molecule has 1 N–H and O–H groups in total. The van der Waals surface area contributed by atoms with E-state index in [4.69, 9.17) is 28.6 Å². The first-order chi connectivity index (χ1) is 17.2. The van der Waals surface area contributed by atoms with Crippen LogP contribution in [-0.2, 0) is 4.79 Å². The summed E-state index contributed by atoms with van der Waals surface area (Å²) in [5.74, 6) is -0.463. The van der Waals surface area contributed by atoms with Crippen molar-refractivity contribution in [3.05, 3.63) is 97.9 Å². The van der Waals surface area contributed by atoms with E-state index in [1.807, 2.05) is 0 Å². The second-order valence-electron chi connectivity index (χ2n) is 7.23. The van der Waals surface area contributed by atoms with Crippen molar-refractivity contribution in [2.45, 2.75) is 9.79 Å². The van der Waals surface area contributed by atoms with Gasteiger partial charge in [-0.15, -0.1) is 0 Å². The first-order valence-corrected chi connectivity index (χ1v) is 12.6. The lowest BCUT2D eigenvalue weighted by atomic mass is 10.2. The van der Waals surface area contributed by atoms with Crippen LogP contribution in [0.5, 0.6) is 5.75 Å². The van der Waals surface area contributed by atoms with E-state index in [2.05, 4.69) is 5.43 Å². The second-order valence-corrected chi connectivity index (χ2v) is 10.5. The fourth-order valence-electron chi connectivity index (χ4n) is 3.11. The number of halogens is 1. The third-order valence-electron chi connectivity index (χ3n) is 4.88. The zero-order chi connectivity index (χ0) is 25.8. The highest BCUT2D eigenvalue weighted by molar-refractivity contribution is 8.26. The molecule has 1 aliphatic heterocycles. The van der Waals surface area contributed by atoms with E-state index in [-0.39, 0.29) is 14.9 Å². The largest absolute Gasteiger partial charge is 0.497 e. The summed E-state index contributed by atoms with van der Waals surface area (Å²) in [5, 5.41) is 13.3. The van der Waals surface area contributed by atoms with Crippen molar-refractivity contribution in [1.82, 2.24) is 10.4 Å². The summed E-state index contributed by atoms with van der Waals surface area (Å²) in [5.41, 5.74) is 3.16. The number of ether oxygens (including phenoxy) is 1. The SMILES string of the molecule is COc1ccc(C(=O)NN2C(=O)/C(=C/c3ccc(Sc4ccc(Cl)cc4)c([N+](=O)[O-])c3)SC2=S)cc1. The van der Waals surface area contributed by atoms with Gasteiger partial charge in [-0.1, -0.05) is 41.2 Å². The van der Waals surface area contributed by atoms with Crippen molar-refractivity contribution >= 4 is 75.2 Å². The Kier molecular flexibility index (Phi) is 7.94. The van der Waals surface area contributed by atoms with E-state index in [1.54, 1.807) is 60.7 Å². The molecular formula is C24H16ClN3O5S3. The van der Waals surface area contributed by atoms with E-state index in [9.17, 15) is 19.7 Å². The smallest absolute Gasteiger partial charge is 0.285 e. The monoisotopic (exact) mass is 557 g/mol. The summed E-state index contributed by atoms with van der Waals surface area (Å²) in [4.78, 5) is 38.2. The second kappa shape index (κ2) is 11.1. The molecule has 0 bridgehead atoms. The molecule has 0 unspecified atom stereocenters. The molecule has 12 heteroatoms. The number of thiocarbonyl (C=S) groups is 1. The number of nitro benzene ring substituents is 1. The van der Waals surface area contributed by atoms with Crippen LogP contribution in [0.25, 0.3) is 6.08 Å². The van der Waals surface area contributed by atoms with Crippen LogP contribution in [0.4, 0.5) is 5.69 Å². The van der Waals surface area contributed by atoms with Gasteiger partial charge in [-0.25, -0.2) is 0 Å². The van der Waals surface area contributed by atoms with Gasteiger partial charge in [0.1, 0.15) is 5.75 Å². The summed E-state index contributed by atoms with van der Waals surface area (Å²) in [6.45, 7) is 0. The lowest BCUT2D eigenvalue weighted by Crippen LogP contribution is -2.44. The van der Waals surface area contributed by atoms with Crippen LogP contribution in [-0.4, -0.2) is 33.2 Å². The third kappa shape index (κ3) is 5.88. The van der Waals surface area contributed by atoms with Gasteiger partial charge >= 0.3 is 0 Å². The first-order valence-electron chi connectivity index (χ1n) is 10.2. The molecule has 8 nitrogen and oxygen atoms in total. The number of carbonyl (C=O) groups is 2. The Hall–Kier alpha value is -3.38. The number of hydrogen-bond acceptors (Lipinski definition) is 8. The topological polar surface area (TPSA) is 102 Å². The van der Waals surface area contributed by atoms with Gasteiger partial charge in [0, 0.05) is 21.5 Å². The summed E-state index contributed by atoms with van der Waals surface area (Å²) >= 11 is 13.4. The van der Waals surface area contributed by atoms with Crippen molar-refractivity contribution in [3.63, 3.8) is 0 Å². The quantitative estimate of drug-likeness (QED) is 0.164. The van der Waals surface area contributed by atoms with Gasteiger partial charge in [-0.2, -0.15) is 5.01 Å². The molecule has 0 aliphatic carbocycles. The molecule has 1 saturated heterocycles. The molecule has 1 aliphatic rings. The maximum atomic E-state index is 12.9. The van der Waals surface area contributed by atoms with Crippen LogP contribution >= 0.6 is 47.3 Å². The van der Waals surface area contributed by atoms with Crippen LogP contribution < -0.4 is 10.2 Å². The summed E-state index contributed by atoms with van der Waals surface area (Å²) < 4.78 is 5.21. The minimum atomic E-state index is -0.533. The Bertz CT molecular complexity index is 1400. The van der Waals surface area contributed by atoms with E-state index < -0.39 is 16.7 Å². The molecule has 182 valence electrons. The molecule has 1 fully saturated rings. The number of nitrogens with zero attached hydrogens (tertiary/aromatic N) is 2. The average Bonchev–Trinajstić information content (AvgIpc) is 3.13. The lowest BCUT2D eigenvalue weighted by Gasteiger charge is -2.15. The number of nitrogens with one attached hydrogen (secondary N) is 1. The Balaban J connectivity index is 1.52. The highest BCUT2D eigenvalue weighted by atomic mass is 35.5. The molecular weight excluding hydrogens is 542 g/mol. The minimum absolute atomic E-state index is 0.105. The van der Waals surface area contributed by atoms with Crippen molar-refractivity contribution in [1.29, 1.82) is 0 Å². The van der Waals surface area contributed by atoms with Gasteiger partial charge in [-0.3, -0.25) is 25.1 Å². The van der Waals surface area contributed by atoms with Crippen LogP contribution in [0.3, 0.4) is 0 Å². The Morgan fingerprint density at radius 3 is 2.50 bits per heavy atom. The van der Waals surface area contributed by atoms with Gasteiger partial charge in [0.15, 0.2) is 4.32 Å². The summed E-state index contributed by atoms with van der Waals surface area (Å²) in [7, 11) is 1.52. The molecule has 1 heterocycles. The van der Waals surface area contributed by atoms with Crippen LogP contribution in [0.1, 0.15) is 15.9 Å². The predicted octanol–water partition coefficient (Wildman–Crippen LogP) is 5.95. The van der Waals surface area contributed by atoms with Gasteiger partial charge in [0.25, 0.3) is 17.5 Å². The van der Waals surface area contributed by atoms with E-state index in [1.165, 1.54) is 31.0 Å². The maximum Gasteiger partial charge on any atom is 0.285 e. The molecule has 0 saturated carbocycles. The maximum absolute atomic E-state index is 12.9. The predicted molar refractivity (Wildman–Crippen MR) is 144 cm³/mol. The van der Waals surface area contributed by atoms with Crippen molar-refractivity contribution in [2.24, 2.45) is 0 Å². The average molecular weight is 558 g/mol. The number of carbonyl (C=O) groups excluding carboxylic acids is 2. The number of methoxy groups -OCH3 is 1. The van der Waals surface area contributed by atoms with E-state index in [0.717, 1.165) is 21.7 Å². The fourth-order valence-corrected chi connectivity index (χ4v) is 5.31. The third-order valence-corrected chi connectivity index (χ3v) is 7.51. The molecule has 3 aromatic rings. The Morgan fingerprint density at radius 1 is 1.17 bits per heavy atom. The molecule has 3 aromatic carbocycles. The van der Waals surface area contributed by atoms with E-state index in [0.29, 0.717) is 26.8 Å². The highest BCUT2D eigenvalue weighted by Crippen LogP contribution is 2.37. The molecule has 0 radical (unpaired) electrons. The normalized spacial score (nSPS) is 14.3. The zero-order valence-corrected chi connectivity index (χ0v) is 21.7. The molecule has 4 rings (SSSR count). The number of hydrogen-bond donors (Lipinski definition) is 1. The standard InChI is InChI=1S/C24H16ClN3O5S3/c1-33-17-7-3-15(4-8-17)22(29)26-27-23(30)21(36-24(27)34)13-14-2-11-20(19(12-14)28(31)32)35-18-9-5-16(25)6-10-18/h2-13H,1H3,(H,26,29)/b21-13-. The number of nitro groups is 1. The Labute approximate surface area is 224 Å².